The number of hydrogen-bond donors (Lipinski definition) is 2. The van der Waals surface area contributed by atoms with Crippen LogP contribution in [-0.2, 0) is 27.2 Å². The van der Waals surface area contributed by atoms with Gasteiger partial charge >= 0.3 is 11.9 Å². The highest BCUT2D eigenvalue weighted by Gasteiger charge is 2.51. The Balaban J connectivity index is 1.64. The van der Waals surface area contributed by atoms with Crippen LogP contribution < -0.4 is 5.32 Å². The predicted octanol–water partition coefficient (Wildman–Crippen LogP) is 3.90. The summed E-state index contributed by atoms with van der Waals surface area (Å²) in [4.78, 5) is 38.8. The van der Waals surface area contributed by atoms with Gasteiger partial charge in [0.05, 0.1) is 23.5 Å². The molecule has 0 spiro atoms. The predicted molar refractivity (Wildman–Crippen MR) is 110 cm³/mol. The number of amides is 1. The van der Waals surface area contributed by atoms with Crippen molar-refractivity contribution < 1.29 is 24.2 Å². The van der Waals surface area contributed by atoms with E-state index in [-0.39, 0.29) is 23.8 Å². The minimum atomic E-state index is -0.930. The second kappa shape index (κ2) is 7.59. The van der Waals surface area contributed by atoms with Crippen LogP contribution >= 0.6 is 11.3 Å². The van der Waals surface area contributed by atoms with Gasteiger partial charge in [0.15, 0.2) is 0 Å². The molecular weight excluding hydrogens is 390 g/mol. The number of nitrogens with one attached hydrogen (secondary N) is 1. The Morgan fingerprint density at radius 2 is 1.90 bits per heavy atom. The molecule has 156 valence electrons. The Kier molecular flexibility index (Phi) is 5.27. The number of ether oxygens (including phenoxy) is 1. The molecular formula is C22H27NO5S. The van der Waals surface area contributed by atoms with Crippen LogP contribution in [0.5, 0.6) is 0 Å². The van der Waals surface area contributed by atoms with Gasteiger partial charge in [0.2, 0.25) is 5.91 Å². The summed E-state index contributed by atoms with van der Waals surface area (Å²) in [7, 11) is 0. The summed E-state index contributed by atoms with van der Waals surface area (Å²) in [6.07, 6.45) is 7.00. The van der Waals surface area contributed by atoms with Gasteiger partial charge in [-0.1, -0.05) is 19.1 Å². The van der Waals surface area contributed by atoms with Gasteiger partial charge in [0.1, 0.15) is 5.00 Å². The molecule has 1 fully saturated rings. The average molecular weight is 418 g/mol. The lowest BCUT2D eigenvalue weighted by Gasteiger charge is -2.23. The molecule has 5 atom stereocenters. The number of carboxylic acid groups (broad SMARTS) is 1. The number of thiophene rings is 1. The minimum Gasteiger partial charge on any atom is -0.481 e. The third-order valence-electron chi connectivity index (χ3n) is 6.34. The second-order valence-corrected chi connectivity index (χ2v) is 9.94. The van der Waals surface area contributed by atoms with Gasteiger partial charge in [-0.05, 0) is 62.8 Å². The molecule has 2 N–H and O–H groups in total. The van der Waals surface area contributed by atoms with Gasteiger partial charge in [-0.15, -0.1) is 11.3 Å². The van der Waals surface area contributed by atoms with Gasteiger partial charge in [-0.25, -0.2) is 4.79 Å². The highest BCUT2D eigenvalue weighted by atomic mass is 32.1. The maximum atomic E-state index is 13.1. The molecule has 1 aromatic heterocycles. The number of allylic oxidation sites excluding steroid dienone is 2. The van der Waals surface area contributed by atoms with E-state index >= 15 is 0 Å². The van der Waals surface area contributed by atoms with E-state index in [4.69, 9.17) is 4.74 Å². The fourth-order valence-electron chi connectivity index (χ4n) is 5.04. The van der Waals surface area contributed by atoms with Crippen molar-refractivity contribution in [2.45, 2.75) is 52.6 Å². The maximum Gasteiger partial charge on any atom is 0.341 e. The first-order valence-corrected chi connectivity index (χ1v) is 11.2. The number of hydrogen-bond acceptors (Lipinski definition) is 5. The molecule has 6 nitrogen and oxygen atoms in total. The van der Waals surface area contributed by atoms with E-state index in [0.717, 1.165) is 29.7 Å². The number of rotatable bonds is 5. The highest BCUT2D eigenvalue weighted by Crippen LogP contribution is 2.49. The normalized spacial score (nSPS) is 29.7. The van der Waals surface area contributed by atoms with Crippen LogP contribution in [0.25, 0.3) is 0 Å². The summed E-state index contributed by atoms with van der Waals surface area (Å²) in [5.41, 5.74) is 1.45. The third kappa shape index (κ3) is 3.61. The monoisotopic (exact) mass is 417 g/mol. The summed E-state index contributed by atoms with van der Waals surface area (Å²) >= 11 is 1.44. The van der Waals surface area contributed by atoms with Crippen molar-refractivity contribution in [2.24, 2.45) is 29.6 Å². The van der Waals surface area contributed by atoms with Crippen molar-refractivity contribution >= 4 is 34.2 Å². The van der Waals surface area contributed by atoms with Crippen LogP contribution in [0.1, 0.15) is 54.4 Å². The van der Waals surface area contributed by atoms with Gasteiger partial charge < -0.3 is 15.2 Å². The van der Waals surface area contributed by atoms with Crippen molar-refractivity contribution in [1.29, 1.82) is 0 Å². The van der Waals surface area contributed by atoms with Crippen molar-refractivity contribution in [3.63, 3.8) is 0 Å². The molecule has 0 aliphatic heterocycles. The largest absolute Gasteiger partial charge is 0.481 e. The SMILES string of the molecule is CC(C)OC(=O)c1c(NC(=O)[C@@H]2[C@H](C(=O)O)[C@H]3C=C[C@H]2C3)sc2c1CC[C@@H](C)C2. The molecule has 2 bridgehead atoms. The lowest BCUT2D eigenvalue weighted by Crippen LogP contribution is -2.36. The number of anilines is 1. The summed E-state index contributed by atoms with van der Waals surface area (Å²) < 4.78 is 5.46. The molecule has 1 heterocycles. The van der Waals surface area contributed by atoms with E-state index in [1.807, 2.05) is 12.2 Å². The number of carbonyl (C=O) groups excluding carboxylic acids is 2. The molecule has 0 radical (unpaired) electrons. The van der Waals surface area contributed by atoms with Crippen LogP contribution in [0, 0.1) is 29.6 Å². The molecule has 1 saturated carbocycles. The summed E-state index contributed by atoms with van der Waals surface area (Å²) in [6.45, 7) is 5.79. The molecule has 0 aromatic carbocycles. The fraction of sp³-hybridized carbons (Fsp3) is 0.591. The molecule has 7 heteroatoms. The second-order valence-electron chi connectivity index (χ2n) is 8.84. The Hall–Kier alpha value is -2.15. The molecule has 3 aliphatic rings. The molecule has 1 aromatic rings. The Labute approximate surface area is 174 Å². The quantitative estimate of drug-likeness (QED) is 0.560. The summed E-state index contributed by atoms with van der Waals surface area (Å²) in [5, 5.41) is 13.1. The van der Waals surface area contributed by atoms with Gasteiger partial charge in [-0.3, -0.25) is 9.59 Å². The first kappa shape index (κ1) is 20.1. The zero-order valence-electron chi connectivity index (χ0n) is 16.9. The van der Waals surface area contributed by atoms with Crippen LogP contribution in [0.15, 0.2) is 12.2 Å². The van der Waals surface area contributed by atoms with Crippen molar-refractivity contribution in [3.8, 4) is 0 Å². The van der Waals surface area contributed by atoms with Crippen molar-refractivity contribution in [1.82, 2.24) is 0 Å². The van der Waals surface area contributed by atoms with E-state index in [0.29, 0.717) is 22.9 Å². The van der Waals surface area contributed by atoms with E-state index in [1.165, 1.54) is 11.3 Å². The maximum absolute atomic E-state index is 13.1. The Morgan fingerprint density at radius 3 is 2.55 bits per heavy atom. The van der Waals surface area contributed by atoms with E-state index < -0.39 is 23.8 Å². The number of fused-ring (bicyclic) bond motifs is 3. The van der Waals surface area contributed by atoms with Crippen molar-refractivity contribution in [3.05, 3.63) is 28.2 Å². The first-order chi connectivity index (χ1) is 13.8. The fourth-order valence-corrected chi connectivity index (χ4v) is 6.44. The first-order valence-electron chi connectivity index (χ1n) is 10.3. The van der Waals surface area contributed by atoms with Crippen LogP contribution in [-0.4, -0.2) is 29.1 Å². The smallest absolute Gasteiger partial charge is 0.341 e. The molecule has 0 unspecified atom stereocenters. The number of carboxylic acids is 1. The molecule has 3 aliphatic carbocycles. The standard InChI is InChI=1S/C22H27NO5S/c1-10(2)28-22(27)18-14-7-4-11(3)8-15(14)29-20(18)23-19(24)16-12-5-6-13(9-12)17(16)21(25)26/h5-6,10-13,16-17H,4,7-9H2,1-3H3,(H,23,24)(H,25,26)/t11-,12+,13+,16+,17-/m1/s1. The van der Waals surface area contributed by atoms with Crippen LogP contribution in [0.3, 0.4) is 0 Å². The van der Waals surface area contributed by atoms with E-state index in [1.54, 1.807) is 13.8 Å². The highest BCUT2D eigenvalue weighted by molar-refractivity contribution is 7.17. The number of aliphatic carboxylic acids is 1. The van der Waals surface area contributed by atoms with E-state index in [9.17, 15) is 19.5 Å². The summed E-state index contributed by atoms with van der Waals surface area (Å²) in [6, 6.07) is 0. The zero-order valence-corrected chi connectivity index (χ0v) is 17.8. The van der Waals surface area contributed by atoms with Gasteiger partial charge in [0, 0.05) is 4.88 Å². The van der Waals surface area contributed by atoms with Gasteiger partial charge in [-0.2, -0.15) is 0 Å². The lowest BCUT2D eigenvalue weighted by molar-refractivity contribution is -0.146. The molecule has 4 rings (SSSR count). The molecule has 0 saturated heterocycles. The van der Waals surface area contributed by atoms with E-state index in [2.05, 4.69) is 12.2 Å². The Bertz CT molecular complexity index is 886. The van der Waals surface area contributed by atoms with Gasteiger partial charge in [0.25, 0.3) is 0 Å². The lowest BCUT2D eigenvalue weighted by atomic mass is 9.82. The molecule has 29 heavy (non-hydrogen) atoms. The minimum absolute atomic E-state index is 0.0539. The van der Waals surface area contributed by atoms with Crippen LogP contribution in [0.4, 0.5) is 5.00 Å². The Morgan fingerprint density at radius 1 is 1.21 bits per heavy atom. The number of carbonyl (C=O) groups is 3. The number of esters is 1. The average Bonchev–Trinajstić information content (AvgIpc) is 3.32. The van der Waals surface area contributed by atoms with Crippen LogP contribution in [0.2, 0.25) is 0 Å². The summed E-state index contributed by atoms with van der Waals surface area (Å²) in [5.74, 6) is -2.56. The topological polar surface area (TPSA) is 92.7 Å². The molecule has 1 amide bonds. The third-order valence-corrected chi connectivity index (χ3v) is 7.51. The zero-order chi connectivity index (χ0) is 20.9. The van der Waals surface area contributed by atoms with Crippen molar-refractivity contribution in [2.75, 3.05) is 5.32 Å².